The second kappa shape index (κ2) is 7.91. The Kier molecular flexibility index (Phi) is 5.38. The lowest BCUT2D eigenvalue weighted by Crippen LogP contribution is -2.41. The van der Waals surface area contributed by atoms with Gasteiger partial charge in [0.2, 0.25) is 0 Å². The second-order valence-electron chi connectivity index (χ2n) is 7.98. The van der Waals surface area contributed by atoms with Gasteiger partial charge in [-0.05, 0) is 61.5 Å². The van der Waals surface area contributed by atoms with E-state index in [4.69, 9.17) is 9.15 Å². The summed E-state index contributed by atoms with van der Waals surface area (Å²) in [7, 11) is 1.82. The van der Waals surface area contributed by atoms with Gasteiger partial charge in [-0.15, -0.1) is 0 Å². The number of ether oxygens (including phenoxy) is 1. The van der Waals surface area contributed by atoms with Crippen LogP contribution in [0.3, 0.4) is 0 Å². The molecular formula is C21H29N3O2. The Hall–Kier alpha value is -1.69. The van der Waals surface area contributed by atoms with E-state index in [-0.39, 0.29) is 0 Å². The molecule has 4 heterocycles. The van der Waals surface area contributed by atoms with Crippen LogP contribution in [0.2, 0.25) is 0 Å². The summed E-state index contributed by atoms with van der Waals surface area (Å²) in [6, 6.07) is 6.85. The van der Waals surface area contributed by atoms with Crippen LogP contribution in [0, 0.1) is 5.41 Å². The first kappa shape index (κ1) is 17.7. The Morgan fingerprint density at radius 2 is 1.96 bits per heavy atom. The van der Waals surface area contributed by atoms with Gasteiger partial charge >= 0.3 is 0 Å². The van der Waals surface area contributed by atoms with Crippen LogP contribution in [0.5, 0.6) is 0 Å². The van der Waals surface area contributed by atoms with Gasteiger partial charge in [0.15, 0.2) is 0 Å². The van der Waals surface area contributed by atoms with Gasteiger partial charge in [0.25, 0.3) is 0 Å². The van der Waals surface area contributed by atoms with Crippen LogP contribution in [0.15, 0.2) is 47.5 Å². The van der Waals surface area contributed by atoms with Gasteiger partial charge in [-0.3, -0.25) is 14.8 Å². The van der Waals surface area contributed by atoms with Crippen LogP contribution < -0.4 is 0 Å². The maximum atomic E-state index is 5.54. The maximum absolute atomic E-state index is 5.54. The zero-order valence-corrected chi connectivity index (χ0v) is 15.6. The summed E-state index contributed by atoms with van der Waals surface area (Å²) in [6.45, 7) is 6.36. The van der Waals surface area contributed by atoms with Crippen molar-refractivity contribution in [2.45, 2.75) is 38.4 Å². The highest BCUT2D eigenvalue weighted by Gasteiger charge is 2.45. The zero-order chi connectivity index (χ0) is 17.8. The minimum absolute atomic E-state index is 0.448. The van der Waals surface area contributed by atoms with Gasteiger partial charge in [0, 0.05) is 50.7 Å². The van der Waals surface area contributed by atoms with E-state index in [1.165, 1.54) is 50.0 Å². The molecule has 2 aromatic heterocycles. The van der Waals surface area contributed by atoms with E-state index in [0.29, 0.717) is 11.5 Å². The predicted molar refractivity (Wildman–Crippen MR) is 101 cm³/mol. The summed E-state index contributed by atoms with van der Waals surface area (Å²) in [5.41, 5.74) is 3.07. The number of rotatable bonds is 6. The predicted octanol–water partition coefficient (Wildman–Crippen LogP) is 3.18. The molecular weight excluding hydrogens is 326 g/mol. The standard InChI is InChI=1S/C21H29N3O2/c1-25-16-20-12-21(17-24(20)14-18-2-7-22-8-3-18)5-9-23(10-6-21)13-19-4-11-26-15-19/h2-4,7-8,11,15,20H,5-6,9-10,12-14,16-17H2,1H3/t20-/m0/s1. The summed E-state index contributed by atoms with van der Waals surface area (Å²) >= 11 is 0. The third-order valence-electron chi connectivity index (χ3n) is 6.12. The molecule has 1 spiro atoms. The fourth-order valence-electron chi connectivity index (χ4n) is 4.71. The number of methoxy groups -OCH3 is 1. The molecule has 0 radical (unpaired) electrons. The fourth-order valence-corrected chi connectivity index (χ4v) is 4.71. The van der Waals surface area contributed by atoms with E-state index in [0.717, 1.165) is 19.7 Å². The van der Waals surface area contributed by atoms with Crippen molar-refractivity contribution in [2.24, 2.45) is 5.41 Å². The first-order valence-electron chi connectivity index (χ1n) is 9.62. The summed E-state index contributed by atoms with van der Waals surface area (Å²) < 4.78 is 10.8. The molecule has 2 fully saturated rings. The SMILES string of the molecule is COC[C@@H]1CC2(CCN(Cc3ccoc3)CC2)CN1Cc1ccncc1. The average Bonchev–Trinajstić information content (AvgIpc) is 3.27. The van der Waals surface area contributed by atoms with E-state index in [1.54, 1.807) is 6.26 Å². The summed E-state index contributed by atoms with van der Waals surface area (Å²) in [4.78, 5) is 9.33. The van der Waals surface area contributed by atoms with Gasteiger partial charge in [0.1, 0.15) is 0 Å². The smallest absolute Gasteiger partial charge is 0.0947 e. The van der Waals surface area contributed by atoms with E-state index >= 15 is 0 Å². The average molecular weight is 355 g/mol. The van der Waals surface area contributed by atoms with Crippen molar-refractivity contribution in [3.63, 3.8) is 0 Å². The van der Waals surface area contributed by atoms with Gasteiger partial charge in [-0.2, -0.15) is 0 Å². The molecule has 0 aromatic carbocycles. The number of aromatic nitrogens is 1. The maximum Gasteiger partial charge on any atom is 0.0947 e. The Morgan fingerprint density at radius 1 is 1.15 bits per heavy atom. The van der Waals surface area contributed by atoms with Crippen molar-refractivity contribution in [3.05, 3.63) is 54.2 Å². The van der Waals surface area contributed by atoms with Gasteiger partial charge in [0.05, 0.1) is 19.1 Å². The monoisotopic (exact) mass is 355 g/mol. The zero-order valence-electron chi connectivity index (χ0n) is 15.6. The fraction of sp³-hybridized carbons (Fsp3) is 0.571. The molecule has 140 valence electrons. The highest BCUT2D eigenvalue weighted by molar-refractivity contribution is 5.11. The Bertz CT molecular complexity index is 666. The molecule has 0 amide bonds. The second-order valence-corrected chi connectivity index (χ2v) is 7.98. The first-order valence-corrected chi connectivity index (χ1v) is 9.62. The van der Waals surface area contributed by atoms with E-state index in [2.05, 4.69) is 33.0 Å². The Labute approximate surface area is 156 Å². The number of hydrogen-bond acceptors (Lipinski definition) is 5. The molecule has 0 aliphatic carbocycles. The molecule has 1 atom stereocenters. The quantitative estimate of drug-likeness (QED) is 0.796. The molecule has 0 saturated carbocycles. The molecule has 0 N–H and O–H groups in total. The summed E-state index contributed by atoms with van der Waals surface area (Å²) in [5.74, 6) is 0. The number of piperidine rings is 1. The van der Waals surface area contributed by atoms with Crippen molar-refractivity contribution in [1.29, 1.82) is 0 Å². The Morgan fingerprint density at radius 3 is 2.65 bits per heavy atom. The van der Waals surface area contributed by atoms with E-state index in [9.17, 15) is 0 Å². The molecule has 5 nitrogen and oxygen atoms in total. The number of furan rings is 1. The molecule has 2 aliphatic rings. The van der Waals surface area contributed by atoms with Crippen molar-refractivity contribution < 1.29 is 9.15 Å². The molecule has 26 heavy (non-hydrogen) atoms. The molecule has 2 saturated heterocycles. The number of nitrogens with zero attached hydrogens (tertiary/aromatic N) is 3. The van der Waals surface area contributed by atoms with Gasteiger partial charge in [-0.1, -0.05) is 0 Å². The van der Waals surface area contributed by atoms with Crippen molar-refractivity contribution in [1.82, 2.24) is 14.8 Å². The molecule has 2 aliphatic heterocycles. The molecule has 2 aromatic rings. The Balaban J connectivity index is 1.38. The first-order chi connectivity index (χ1) is 12.8. The number of likely N-dealkylation sites (tertiary alicyclic amines) is 2. The molecule has 0 bridgehead atoms. The van der Waals surface area contributed by atoms with Crippen molar-refractivity contribution in [2.75, 3.05) is 33.4 Å². The third-order valence-corrected chi connectivity index (χ3v) is 6.12. The van der Waals surface area contributed by atoms with Gasteiger partial charge in [-0.25, -0.2) is 0 Å². The summed E-state index contributed by atoms with van der Waals surface area (Å²) in [5, 5.41) is 0. The van der Waals surface area contributed by atoms with E-state index in [1.807, 2.05) is 25.8 Å². The lowest BCUT2D eigenvalue weighted by Gasteiger charge is -2.39. The van der Waals surface area contributed by atoms with Crippen LogP contribution in [-0.4, -0.2) is 54.2 Å². The molecule has 5 heteroatoms. The minimum Gasteiger partial charge on any atom is -0.472 e. The largest absolute Gasteiger partial charge is 0.472 e. The highest BCUT2D eigenvalue weighted by Crippen LogP contribution is 2.44. The third kappa shape index (κ3) is 4.00. The van der Waals surface area contributed by atoms with Crippen LogP contribution in [0.1, 0.15) is 30.4 Å². The minimum atomic E-state index is 0.448. The normalized spacial score (nSPS) is 23.7. The number of pyridine rings is 1. The van der Waals surface area contributed by atoms with Crippen LogP contribution in [-0.2, 0) is 17.8 Å². The topological polar surface area (TPSA) is 41.7 Å². The van der Waals surface area contributed by atoms with Crippen LogP contribution in [0.25, 0.3) is 0 Å². The lowest BCUT2D eigenvalue weighted by molar-refractivity contribution is 0.101. The van der Waals surface area contributed by atoms with Crippen LogP contribution >= 0.6 is 0 Å². The van der Waals surface area contributed by atoms with Crippen molar-refractivity contribution >= 4 is 0 Å². The van der Waals surface area contributed by atoms with Crippen LogP contribution in [0.4, 0.5) is 0 Å². The van der Waals surface area contributed by atoms with Gasteiger partial charge < -0.3 is 9.15 Å². The number of hydrogen-bond donors (Lipinski definition) is 0. The van der Waals surface area contributed by atoms with Crippen molar-refractivity contribution in [3.8, 4) is 0 Å². The summed E-state index contributed by atoms with van der Waals surface area (Å²) in [6.07, 6.45) is 11.2. The molecule has 0 unspecified atom stereocenters. The highest BCUT2D eigenvalue weighted by atomic mass is 16.5. The van der Waals surface area contributed by atoms with E-state index < -0.39 is 0 Å². The lowest BCUT2D eigenvalue weighted by atomic mass is 9.76. The molecule has 4 rings (SSSR count).